The van der Waals surface area contributed by atoms with Crippen LogP contribution in [0.4, 0.5) is 0 Å². The van der Waals surface area contributed by atoms with E-state index in [1.807, 2.05) is 12.4 Å². The molecule has 0 fully saturated rings. The summed E-state index contributed by atoms with van der Waals surface area (Å²) < 4.78 is 2.17. The molecule has 1 atom stereocenters. The zero-order chi connectivity index (χ0) is 14.4. The molecule has 4 nitrogen and oxygen atoms in total. The Hall–Kier alpha value is -1.30. The lowest BCUT2D eigenvalue weighted by atomic mass is 10.2. The van der Waals surface area contributed by atoms with E-state index in [4.69, 9.17) is 5.84 Å². The van der Waals surface area contributed by atoms with Gasteiger partial charge in [-0.05, 0) is 25.5 Å². The van der Waals surface area contributed by atoms with Crippen molar-refractivity contribution in [3.8, 4) is 0 Å². The summed E-state index contributed by atoms with van der Waals surface area (Å²) in [6.07, 6.45) is 4.94. The second-order valence-corrected chi connectivity index (χ2v) is 5.92. The molecule has 0 aliphatic rings. The minimum absolute atomic E-state index is 0.0575. The average Bonchev–Trinajstić information content (AvgIpc) is 2.89. The van der Waals surface area contributed by atoms with Crippen LogP contribution in [0.25, 0.3) is 0 Å². The molecule has 2 rings (SSSR count). The molecule has 0 saturated carbocycles. The van der Waals surface area contributed by atoms with E-state index < -0.39 is 0 Å². The Balaban J connectivity index is 2.03. The van der Waals surface area contributed by atoms with Gasteiger partial charge in [0.05, 0.1) is 6.04 Å². The smallest absolute Gasteiger partial charge is 0.128 e. The maximum absolute atomic E-state index is 5.71. The summed E-state index contributed by atoms with van der Waals surface area (Å²) in [5.41, 5.74) is 4.16. The summed E-state index contributed by atoms with van der Waals surface area (Å²) in [6, 6.07) is 8.57. The molecule has 1 aromatic carbocycles. The molecule has 2 aromatic rings. The molecule has 0 aliphatic carbocycles. The van der Waals surface area contributed by atoms with Crippen LogP contribution in [0.1, 0.15) is 30.8 Å². The first-order valence-corrected chi connectivity index (χ1v) is 7.89. The molecule has 0 aliphatic heterocycles. The van der Waals surface area contributed by atoms with Gasteiger partial charge in [-0.1, -0.05) is 24.6 Å². The quantitative estimate of drug-likeness (QED) is 0.468. The van der Waals surface area contributed by atoms with E-state index in [0.717, 1.165) is 24.5 Å². The van der Waals surface area contributed by atoms with Gasteiger partial charge >= 0.3 is 0 Å². The van der Waals surface area contributed by atoms with Gasteiger partial charge in [-0.3, -0.25) is 5.84 Å². The van der Waals surface area contributed by atoms with Crippen molar-refractivity contribution in [2.24, 2.45) is 5.84 Å². The fourth-order valence-electron chi connectivity index (χ4n) is 2.14. The lowest BCUT2D eigenvalue weighted by molar-refractivity contribution is 0.528. The van der Waals surface area contributed by atoms with E-state index >= 15 is 0 Å². The third-order valence-electron chi connectivity index (χ3n) is 3.13. The van der Waals surface area contributed by atoms with Gasteiger partial charge < -0.3 is 4.57 Å². The minimum atomic E-state index is 0.0575. The molecule has 108 valence electrons. The summed E-state index contributed by atoms with van der Waals surface area (Å²) in [7, 11) is 0. The minimum Gasteiger partial charge on any atom is -0.334 e. The summed E-state index contributed by atoms with van der Waals surface area (Å²) >= 11 is 1.80. The number of hydrazine groups is 1. The third kappa shape index (κ3) is 3.85. The highest BCUT2D eigenvalue weighted by Crippen LogP contribution is 2.24. The van der Waals surface area contributed by atoms with Gasteiger partial charge in [0, 0.05) is 29.6 Å². The van der Waals surface area contributed by atoms with Crippen LogP contribution < -0.4 is 11.3 Å². The van der Waals surface area contributed by atoms with Crippen molar-refractivity contribution >= 4 is 11.8 Å². The van der Waals surface area contributed by atoms with Crippen LogP contribution in [0.3, 0.4) is 0 Å². The number of benzene rings is 1. The highest BCUT2D eigenvalue weighted by Gasteiger charge is 2.15. The molecule has 0 spiro atoms. The van der Waals surface area contributed by atoms with E-state index in [1.54, 1.807) is 11.8 Å². The Morgan fingerprint density at radius 1 is 1.45 bits per heavy atom. The van der Waals surface area contributed by atoms with Crippen LogP contribution in [0.15, 0.2) is 41.6 Å². The Morgan fingerprint density at radius 2 is 2.30 bits per heavy atom. The number of hydrogen-bond donors (Lipinski definition) is 2. The van der Waals surface area contributed by atoms with Gasteiger partial charge in [0.25, 0.3) is 0 Å². The topological polar surface area (TPSA) is 55.9 Å². The van der Waals surface area contributed by atoms with Gasteiger partial charge in [0.1, 0.15) is 5.82 Å². The molecule has 1 heterocycles. The Kier molecular flexibility index (Phi) is 5.64. The zero-order valence-corrected chi connectivity index (χ0v) is 12.9. The zero-order valence-electron chi connectivity index (χ0n) is 12.0. The first kappa shape index (κ1) is 15.1. The van der Waals surface area contributed by atoms with Crippen molar-refractivity contribution in [1.82, 2.24) is 15.0 Å². The molecule has 0 radical (unpaired) electrons. The SMILES string of the molecule is CCCn1ccnc1C(CSc1cccc(C)c1)NN. The summed E-state index contributed by atoms with van der Waals surface area (Å²) in [5, 5.41) is 0. The van der Waals surface area contributed by atoms with E-state index in [-0.39, 0.29) is 6.04 Å². The van der Waals surface area contributed by atoms with Crippen LogP contribution in [0, 0.1) is 6.92 Å². The van der Waals surface area contributed by atoms with E-state index in [2.05, 4.69) is 53.1 Å². The maximum Gasteiger partial charge on any atom is 0.128 e. The summed E-state index contributed by atoms with van der Waals surface area (Å²) in [5.74, 6) is 7.58. The predicted molar refractivity (Wildman–Crippen MR) is 84.5 cm³/mol. The van der Waals surface area contributed by atoms with Crippen LogP contribution in [0.5, 0.6) is 0 Å². The van der Waals surface area contributed by atoms with E-state index in [9.17, 15) is 0 Å². The highest BCUT2D eigenvalue weighted by atomic mass is 32.2. The molecule has 0 bridgehead atoms. The van der Waals surface area contributed by atoms with Crippen molar-refractivity contribution in [1.29, 1.82) is 0 Å². The van der Waals surface area contributed by atoms with Crippen molar-refractivity contribution in [2.45, 2.75) is 37.8 Å². The second-order valence-electron chi connectivity index (χ2n) is 4.83. The number of rotatable bonds is 7. The van der Waals surface area contributed by atoms with E-state index in [0.29, 0.717) is 0 Å². The van der Waals surface area contributed by atoms with E-state index in [1.165, 1.54) is 10.5 Å². The monoisotopic (exact) mass is 290 g/mol. The van der Waals surface area contributed by atoms with Gasteiger partial charge in [0.2, 0.25) is 0 Å². The van der Waals surface area contributed by atoms with Gasteiger partial charge in [0.15, 0.2) is 0 Å². The highest BCUT2D eigenvalue weighted by molar-refractivity contribution is 7.99. The summed E-state index contributed by atoms with van der Waals surface area (Å²) in [6.45, 7) is 5.25. The number of imidazole rings is 1. The summed E-state index contributed by atoms with van der Waals surface area (Å²) in [4.78, 5) is 5.71. The van der Waals surface area contributed by atoms with Gasteiger partial charge in [-0.15, -0.1) is 11.8 Å². The van der Waals surface area contributed by atoms with Gasteiger partial charge in [-0.2, -0.15) is 0 Å². The van der Waals surface area contributed by atoms with Crippen LogP contribution in [-0.2, 0) is 6.54 Å². The number of aromatic nitrogens is 2. The van der Waals surface area contributed by atoms with Crippen molar-refractivity contribution in [3.63, 3.8) is 0 Å². The normalized spacial score (nSPS) is 12.6. The Bertz CT molecular complexity index is 538. The van der Waals surface area contributed by atoms with Crippen molar-refractivity contribution < 1.29 is 0 Å². The molecule has 20 heavy (non-hydrogen) atoms. The second kappa shape index (κ2) is 7.47. The number of hydrogen-bond acceptors (Lipinski definition) is 4. The molecular weight excluding hydrogens is 268 g/mol. The van der Waals surface area contributed by atoms with Crippen LogP contribution in [-0.4, -0.2) is 15.3 Å². The lowest BCUT2D eigenvalue weighted by Gasteiger charge is -2.17. The fourth-order valence-corrected chi connectivity index (χ4v) is 3.19. The Labute approximate surface area is 124 Å². The molecule has 1 aromatic heterocycles. The maximum atomic E-state index is 5.71. The van der Waals surface area contributed by atoms with Crippen LogP contribution >= 0.6 is 11.8 Å². The van der Waals surface area contributed by atoms with Crippen molar-refractivity contribution in [3.05, 3.63) is 48.0 Å². The number of thioether (sulfide) groups is 1. The first-order chi connectivity index (χ1) is 9.74. The molecule has 0 amide bonds. The van der Waals surface area contributed by atoms with Crippen LogP contribution in [0.2, 0.25) is 0 Å². The molecule has 5 heteroatoms. The average molecular weight is 290 g/mol. The fraction of sp³-hybridized carbons (Fsp3) is 0.400. The largest absolute Gasteiger partial charge is 0.334 e. The number of nitrogens with one attached hydrogen (secondary N) is 1. The standard InChI is InChI=1S/C15H22N4S/c1-3-8-19-9-7-17-15(19)14(18-16)11-20-13-6-4-5-12(2)10-13/h4-7,9-10,14,18H,3,8,11,16H2,1-2H3. The Morgan fingerprint density at radius 3 is 3.00 bits per heavy atom. The predicted octanol–water partition coefficient (Wildman–Crippen LogP) is 2.90. The molecule has 1 unspecified atom stereocenters. The first-order valence-electron chi connectivity index (χ1n) is 6.91. The molecule has 0 saturated heterocycles. The molecule has 3 N–H and O–H groups in total. The third-order valence-corrected chi connectivity index (χ3v) is 4.22. The number of nitrogens with two attached hydrogens (primary N) is 1. The number of aryl methyl sites for hydroxylation is 2. The molecular formula is C15H22N4S. The van der Waals surface area contributed by atoms with Gasteiger partial charge in [-0.25, -0.2) is 10.4 Å². The van der Waals surface area contributed by atoms with Crippen molar-refractivity contribution in [2.75, 3.05) is 5.75 Å². The lowest BCUT2D eigenvalue weighted by Crippen LogP contribution is -2.32. The number of nitrogens with zero attached hydrogens (tertiary/aromatic N) is 2.